The van der Waals surface area contributed by atoms with E-state index in [2.05, 4.69) is 54.3 Å². The molecule has 1 amide bonds. The van der Waals surface area contributed by atoms with Gasteiger partial charge in [-0.05, 0) is 32.9 Å². The molecule has 2 atom stereocenters. The molecule has 2 N–H and O–H groups in total. The zero-order valence-corrected chi connectivity index (χ0v) is 21.3. The van der Waals surface area contributed by atoms with Crippen molar-refractivity contribution >= 4 is 34.1 Å². The number of imidazole rings is 1. The number of hydrogen-bond donors (Lipinski definition) is 2. The van der Waals surface area contributed by atoms with Crippen LogP contribution >= 0.6 is 0 Å². The summed E-state index contributed by atoms with van der Waals surface area (Å²) in [5.74, 6) is 1.44. The van der Waals surface area contributed by atoms with Gasteiger partial charge in [-0.3, -0.25) is 14.8 Å². The van der Waals surface area contributed by atoms with Crippen LogP contribution in [0.2, 0.25) is 0 Å². The predicted octanol–water partition coefficient (Wildman–Crippen LogP) is 3.61. The second-order valence-corrected chi connectivity index (χ2v) is 9.57. The number of ether oxygens (including phenoxy) is 1. The Morgan fingerprint density at radius 1 is 1.05 bits per heavy atom. The number of carbonyl (C=O) groups is 1. The van der Waals surface area contributed by atoms with Gasteiger partial charge in [0.2, 0.25) is 0 Å². The van der Waals surface area contributed by atoms with Gasteiger partial charge in [-0.2, -0.15) is 0 Å². The highest BCUT2D eigenvalue weighted by Crippen LogP contribution is 2.30. The van der Waals surface area contributed by atoms with Gasteiger partial charge in [-0.25, -0.2) is 15.0 Å². The highest BCUT2D eigenvalue weighted by molar-refractivity contribution is 6.12. The number of carbonyl (C=O) groups excluding carboxylic acids is 1. The fourth-order valence-corrected chi connectivity index (χ4v) is 4.91. The second kappa shape index (κ2) is 9.67. The van der Waals surface area contributed by atoms with Gasteiger partial charge in [-0.15, -0.1) is 0 Å². The molecule has 5 aromatic heterocycles. The Kier molecular flexibility index (Phi) is 6.04. The molecule has 6 rings (SSSR count). The number of hydrogen-bond acceptors (Lipinski definition) is 9. The fraction of sp³-hybridized carbons (Fsp3) is 0.259. The molecule has 192 valence electrons. The van der Waals surface area contributed by atoms with Gasteiger partial charge in [0.05, 0.1) is 23.1 Å². The summed E-state index contributed by atoms with van der Waals surface area (Å²) in [5, 5.41) is 6.50. The molecule has 0 spiro atoms. The summed E-state index contributed by atoms with van der Waals surface area (Å²) in [6.45, 7) is 7.76. The van der Waals surface area contributed by atoms with Gasteiger partial charge in [0.25, 0.3) is 5.91 Å². The maximum Gasteiger partial charge on any atom is 0.259 e. The molecule has 0 aliphatic carbocycles. The van der Waals surface area contributed by atoms with E-state index in [1.165, 1.54) is 0 Å². The first-order chi connectivity index (χ1) is 18.4. The number of piperazine rings is 1. The summed E-state index contributed by atoms with van der Waals surface area (Å²) in [5.41, 5.74) is 3.42. The van der Waals surface area contributed by atoms with E-state index in [0.29, 0.717) is 51.5 Å². The van der Waals surface area contributed by atoms with Crippen molar-refractivity contribution in [3.8, 4) is 11.5 Å². The van der Waals surface area contributed by atoms with E-state index in [0.717, 1.165) is 24.6 Å². The minimum atomic E-state index is -0.347. The summed E-state index contributed by atoms with van der Waals surface area (Å²) < 4.78 is 7.88. The highest BCUT2D eigenvalue weighted by Gasteiger charge is 2.26. The van der Waals surface area contributed by atoms with Crippen LogP contribution in [0.3, 0.4) is 0 Å². The molecule has 0 radical (unpaired) electrons. The number of nitrogens with zero attached hydrogens (tertiary/aromatic N) is 7. The lowest BCUT2D eigenvalue weighted by molar-refractivity contribution is 0.102. The first-order valence-electron chi connectivity index (χ1n) is 12.4. The monoisotopic (exact) mass is 509 g/mol. The number of aromatic nitrogens is 6. The van der Waals surface area contributed by atoms with Crippen molar-refractivity contribution in [3.63, 3.8) is 0 Å². The largest absolute Gasteiger partial charge is 0.452 e. The van der Waals surface area contributed by atoms with Gasteiger partial charge in [-0.1, -0.05) is 0 Å². The maximum absolute atomic E-state index is 13.5. The van der Waals surface area contributed by atoms with Crippen molar-refractivity contribution < 1.29 is 9.53 Å². The van der Waals surface area contributed by atoms with Gasteiger partial charge < -0.3 is 24.7 Å². The van der Waals surface area contributed by atoms with Crippen molar-refractivity contribution in [1.82, 2.24) is 34.6 Å². The molecule has 5 aromatic rings. The molecule has 0 aromatic carbocycles. The van der Waals surface area contributed by atoms with Crippen molar-refractivity contribution in [2.45, 2.75) is 32.9 Å². The lowest BCUT2D eigenvalue weighted by atomic mass is 10.1. The summed E-state index contributed by atoms with van der Waals surface area (Å²) in [4.78, 5) is 38.1. The van der Waals surface area contributed by atoms with Crippen LogP contribution in [0.4, 0.5) is 11.5 Å². The molecule has 1 aliphatic rings. The third kappa shape index (κ3) is 4.59. The molecule has 6 heterocycles. The average Bonchev–Trinajstić information content (AvgIpc) is 3.28. The normalized spacial score (nSPS) is 17.6. The van der Waals surface area contributed by atoms with E-state index < -0.39 is 0 Å². The van der Waals surface area contributed by atoms with Gasteiger partial charge >= 0.3 is 0 Å². The Labute approximate surface area is 218 Å². The van der Waals surface area contributed by atoms with Crippen molar-refractivity contribution in [2.75, 3.05) is 23.3 Å². The number of fused-ring (bicyclic) bond motifs is 2. The van der Waals surface area contributed by atoms with Crippen LogP contribution in [0, 0.1) is 6.92 Å². The summed E-state index contributed by atoms with van der Waals surface area (Å²) >= 11 is 0. The summed E-state index contributed by atoms with van der Waals surface area (Å²) in [6, 6.07) is 5.95. The van der Waals surface area contributed by atoms with Crippen LogP contribution < -0.4 is 20.3 Å². The number of pyridine rings is 3. The predicted molar refractivity (Wildman–Crippen MR) is 144 cm³/mol. The third-order valence-electron chi connectivity index (χ3n) is 6.34. The molecule has 38 heavy (non-hydrogen) atoms. The van der Waals surface area contributed by atoms with E-state index in [-0.39, 0.29) is 5.91 Å². The Balaban J connectivity index is 1.34. The molecule has 1 aliphatic heterocycles. The quantitative estimate of drug-likeness (QED) is 0.366. The molecule has 11 heteroatoms. The molecular weight excluding hydrogens is 482 g/mol. The summed E-state index contributed by atoms with van der Waals surface area (Å²) in [6.07, 6.45) is 11.8. The van der Waals surface area contributed by atoms with Gasteiger partial charge in [0.1, 0.15) is 16.8 Å². The fourth-order valence-electron chi connectivity index (χ4n) is 4.91. The molecule has 11 nitrogen and oxygen atoms in total. The lowest BCUT2D eigenvalue weighted by Crippen LogP contribution is -2.54. The van der Waals surface area contributed by atoms with Gasteiger partial charge in [0.15, 0.2) is 17.2 Å². The molecular formula is C27H27N9O2. The smallest absolute Gasteiger partial charge is 0.259 e. The van der Waals surface area contributed by atoms with Crippen molar-refractivity contribution in [1.29, 1.82) is 0 Å². The SMILES string of the molecule is Cc1cn2cc(NC(=O)c3cnc(N4C[C@@H](C)N[C@H](C)C4)c4nccnc34)cc(Oc3cccnc3)c2n1. The van der Waals surface area contributed by atoms with E-state index in [1.807, 2.05) is 23.6 Å². The Hall–Kier alpha value is -4.64. The molecule has 0 saturated carbocycles. The molecule has 1 saturated heterocycles. The van der Waals surface area contributed by atoms with Crippen LogP contribution in [0.5, 0.6) is 11.5 Å². The number of rotatable bonds is 5. The third-order valence-corrected chi connectivity index (χ3v) is 6.34. The molecule has 1 fully saturated rings. The number of nitrogens with one attached hydrogen (secondary N) is 2. The number of aryl methyl sites for hydroxylation is 1. The standard InChI is InChI=1S/C27H27N9O2/c1-16-12-35(13-17(2)32-16)26-24-23(29-7-8-30-24)21(11-31-26)27(37)34-19-9-22(38-20-5-4-6-28-10-20)25-33-18(3)14-36(25)15-19/h4-11,14-17,32H,12-13H2,1-3H3,(H,34,37)/t16-,17-/m1/s1. The van der Waals surface area contributed by atoms with Crippen LogP contribution in [0.1, 0.15) is 29.9 Å². The van der Waals surface area contributed by atoms with Crippen LogP contribution in [-0.2, 0) is 0 Å². The highest BCUT2D eigenvalue weighted by atomic mass is 16.5. The van der Waals surface area contributed by atoms with E-state index in [1.54, 1.807) is 49.3 Å². The molecule has 0 bridgehead atoms. The Bertz CT molecular complexity index is 1630. The Morgan fingerprint density at radius 3 is 2.61 bits per heavy atom. The second-order valence-electron chi connectivity index (χ2n) is 9.57. The topological polar surface area (TPSA) is 122 Å². The number of anilines is 2. The minimum Gasteiger partial charge on any atom is -0.452 e. The zero-order chi connectivity index (χ0) is 26.2. The van der Waals surface area contributed by atoms with Crippen molar-refractivity contribution in [3.05, 3.63) is 72.8 Å². The first-order valence-corrected chi connectivity index (χ1v) is 12.4. The van der Waals surface area contributed by atoms with E-state index in [4.69, 9.17) is 4.74 Å². The van der Waals surface area contributed by atoms with Gasteiger partial charge in [0, 0.05) is 68.4 Å². The van der Waals surface area contributed by atoms with Crippen LogP contribution in [-0.4, -0.2) is 60.4 Å². The zero-order valence-electron chi connectivity index (χ0n) is 21.3. The van der Waals surface area contributed by atoms with E-state index >= 15 is 0 Å². The Morgan fingerprint density at radius 2 is 1.84 bits per heavy atom. The maximum atomic E-state index is 13.5. The van der Waals surface area contributed by atoms with Crippen LogP contribution in [0.15, 0.2) is 61.6 Å². The lowest BCUT2D eigenvalue weighted by Gasteiger charge is -2.37. The average molecular weight is 510 g/mol. The molecule has 0 unspecified atom stereocenters. The first kappa shape index (κ1) is 23.7. The van der Waals surface area contributed by atoms with Crippen molar-refractivity contribution in [2.24, 2.45) is 0 Å². The van der Waals surface area contributed by atoms with Crippen LogP contribution in [0.25, 0.3) is 16.7 Å². The van der Waals surface area contributed by atoms with E-state index in [9.17, 15) is 4.79 Å². The minimum absolute atomic E-state index is 0.306. The number of amides is 1. The summed E-state index contributed by atoms with van der Waals surface area (Å²) in [7, 11) is 0.